The lowest BCUT2D eigenvalue weighted by Crippen LogP contribution is -2.36. The zero-order chi connectivity index (χ0) is 20.4. The normalized spacial score (nSPS) is 11.5. The van der Waals surface area contributed by atoms with Crippen molar-refractivity contribution in [3.05, 3.63) is 71.5 Å². The van der Waals surface area contributed by atoms with E-state index in [-0.39, 0.29) is 37.2 Å². The number of ether oxygens (including phenoxy) is 1. The average molecular weight is 385 g/mol. The van der Waals surface area contributed by atoms with Gasteiger partial charge in [0.2, 0.25) is 0 Å². The number of aryl methyl sites for hydroxylation is 1. The number of carbonyl (C=O) groups is 3. The van der Waals surface area contributed by atoms with Crippen molar-refractivity contribution in [3.8, 4) is 0 Å². The van der Waals surface area contributed by atoms with Gasteiger partial charge in [0.05, 0.1) is 6.42 Å². The van der Waals surface area contributed by atoms with E-state index >= 15 is 0 Å². The van der Waals surface area contributed by atoms with Gasteiger partial charge in [0, 0.05) is 18.0 Å². The summed E-state index contributed by atoms with van der Waals surface area (Å²) in [5.41, 5.74) is 1.53. The molecule has 0 aliphatic rings. The van der Waals surface area contributed by atoms with E-state index in [0.717, 1.165) is 12.8 Å². The van der Waals surface area contributed by atoms with Gasteiger partial charge in [-0.25, -0.2) is 4.39 Å². The van der Waals surface area contributed by atoms with E-state index in [1.807, 2.05) is 37.3 Å². The summed E-state index contributed by atoms with van der Waals surface area (Å²) in [6, 6.07) is 15.0. The number of amides is 1. The Hall–Kier alpha value is -3.02. The van der Waals surface area contributed by atoms with Crippen molar-refractivity contribution < 1.29 is 23.5 Å². The van der Waals surface area contributed by atoms with E-state index in [4.69, 9.17) is 4.74 Å². The Morgan fingerprint density at radius 2 is 1.68 bits per heavy atom. The molecule has 0 radical (unpaired) electrons. The van der Waals surface area contributed by atoms with Crippen molar-refractivity contribution in [1.29, 1.82) is 0 Å². The molecule has 0 aliphatic heterocycles. The Balaban J connectivity index is 1.62. The number of hydrogen-bond donors (Lipinski definition) is 1. The molecule has 0 unspecified atom stereocenters. The molecule has 0 bridgehead atoms. The Morgan fingerprint density at radius 1 is 1.00 bits per heavy atom. The first-order valence-electron chi connectivity index (χ1n) is 9.21. The van der Waals surface area contributed by atoms with Gasteiger partial charge >= 0.3 is 5.97 Å². The summed E-state index contributed by atoms with van der Waals surface area (Å²) in [5.74, 6) is -1.71. The lowest BCUT2D eigenvalue weighted by atomic mass is 10.1. The molecule has 0 saturated carbocycles. The van der Waals surface area contributed by atoms with Crippen LogP contribution in [0.1, 0.15) is 42.1 Å². The second kappa shape index (κ2) is 11.0. The van der Waals surface area contributed by atoms with Gasteiger partial charge in [-0.05, 0) is 49.6 Å². The van der Waals surface area contributed by atoms with Crippen LogP contribution >= 0.6 is 0 Å². The predicted octanol–water partition coefficient (Wildman–Crippen LogP) is 3.47. The van der Waals surface area contributed by atoms with Gasteiger partial charge < -0.3 is 10.1 Å². The third kappa shape index (κ3) is 7.70. The summed E-state index contributed by atoms with van der Waals surface area (Å²) in [7, 11) is 0. The summed E-state index contributed by atoms with van der Waals surface area (Å²) in [5, 5.41) is 2.78. The van der Waals surface area contributed by atoms with E-state index in [1.165, 1.54) is 29.8 Å². The molecule has 0 saturated heterocycles. The molecule has 1 amide bonds. The van der Waals surface area contributed by atoms with Crippen molar-refractivity contribution in [2.45, 2.75) is 38.6 Å². The number of nitrogens with one attached hydrogen (secondary N) is 1. The lowest BCUT2D eigenvalue weighted by molar-refractivity contribution is -0.148. The minimum Gasteiger partial charge on any atom is -0.456 e. The van der Waals surface area contributed by atoms with Gasteiger partial charge in [0.15, 0.2) is 12.4 Å². The SMILES string of the molecule is C[C@@H](CCc1ccccc1)NC(=O)COC(=O)CCC(=O)c1ccc(F)cc1. The molecule has 1 N–H and O–H groups in total. The number of rotatable bonds is 10. The monoisotopic (exact) mass is 385 g/mol. The van der Waals surface area contributed by atoms with E-state index in [2.05, 4.69) is 5.32 Å². The number of carbonyl (C=O) groups excluding carboxylic acids is 3. The van der Waals surface area contributed by atoms with Crippen LogP contribution in [-0.2, 0) is 20.7 Å². The van der Waals surface area contributed by atoms with Crippen LogP contribution in [0.2, 0.25) is 0 Å². The lowest BCUT2D eigenvalue weighted by Gasteiger charge is -2.14. The molecule has 0 aromatic heterocycles. The number of Topliss-reactive ketones (excluding diaryl/α,β-unsaturated/α-hetero) is 1. The molecule has 0 fully saturated rings. The van der Waals surface area contributed by atoms with E-state index in [1.54, 1.807) is 0 Å². The molecule has 0 aliphatic carbocycles. The molecule has 6 heteroatoms. The maximum absolute atomic E-state index is 12.8. The highest BCUT2D eigenvalue weighted by Crippen LogP contribution is 2.08. The van der Waals surface area contributed by atoms with Crippen LogP contribution in [0, 0.1) is 5.82 Å². The zero-order valence-corrected chi connectivity index (χ0v) is 15.8. The maximum atomic E-state index is 12.8. The van der Waals surface area contributed by atoms with Gasteiger partial charge in [0.25, 0.3) is 5.91 Å². The molecular formula is C22H24FNO4. The molecule has 5 nitrogen and oxygen atoms in total. The largest absolute Gasteiger partial charge is 0.456 e. The molecule has 0 heterocycles. The van der Waals surface area contributed by atoms with Gasteiger partial charge in [-0.15, -0.1) is 0 Å². The van der Waals surface area contributed by atoms with Crippen molar-refractivity contribution in [1.82, 2.24) is 5.32 Å². The third-order valence-electron chi connectivity index (χ3n) is 4.20. The fourth-order valence-corrected chi connectivity index (χ4v) is 2.63. The Labute approximate surface area is 163 Å². The van der Waals surface area contributed by atoms with E-state index in [9.17, 15) is 18.8 Å². The second-order valence-corrected chi connectivity index (χ2v) is 6.58. The Kier molecular flexibility index (Phi) is 8.34. The van der Waals surface area contributed by atoms with E-state index < -0.39 is 11.8 Å². The first-order chi connectivity index (χ1) is 13.4. The average Bonchev–Trinajstić information content (AvgIpc) is 2.70. The van der Waals surface area contributed by atoms with Crippen LogP contribution in [0.3, 0.4) is 0 Å². The summed E-state index contributed by atoms with van der Waals surface area (Å²) < 4.78 is 17.8. The number of esters is 1. The Morgan fingerprint density at radius 3 is 2.36 bits per heavy atom. The number of halogens is 1. The molecule has 1 atom stereocenters. The number of ketones is 1. The fourth-order valence-electron chi connectivity index (χ4n) is 2.63. The Bertz CT molecular complexity index is 790. The van der Waals surface area contributed by atoms with Crippen LogP contribution in [0.25, 0.3) is 0 Å². The summed E-state index contributed by atoms with van der Waals surface area (Å²) in [6.07, 6.45) is 1.43. The summed E-state index contributed by atoms with van der Waals surface area (Å²) in [4.78, 5) is 35.5. The van der Waals surface area contributed by atoms with Gasteiger partial charge in [-0.2, -0.15) is 0 Å². The van der Waals surface area contributed by atoms with Crippen LogP contribution in [-0.4, -0.2) is 30.3 Å². The van der Waals surface area contributed by atoms with Gasteiger partial charge in [-0.3, -0.25) is 14.4 Å². The second-order valence-electron chi connectivity index (χ2n) is 6.58. The predicted molar refractivity (Wildman–Crippen MR) is 103 cm³/mol. The molecule has 148 valence electrons. The zero-order valence-electron chi connectivity index (χ0n) is 15.8. The highest BCUT2D eigenvalue weighted by atomic mass is 19.1. The van der Waals surface area contributed by atoms with Crippen LogP contribution in [0.15, 0.2) is 54.6 Å². The fraction of sp³-hybridized carbons (Fsp3) is 0.318. The minimum absolute atomic E-state index is 0.0496. The first kappa shape index (κ1) is 21.3. The van der Waals surface area contributed by atoms with Crippen molar-refractivity contribution in [2.75, 3.05) is 6.61 Å². The number of benzene rings is 2. The minimum atomic E-state index is -0.623. The standard InChI is InChI=1S/C22H24FNO4/c1-16(7-8-17-5-3-2-4-6-17)24-21(26)15-28-22(27)14-13-20(25)18-9-11-19(23)12-10-18/h2-6,9-12,16H,7-8,13-15H2,1H3,(H,24,26)/t16-/m0/s1. The molecular weight excluding hydrogens is 361 g/mol. The van der Waals surface area contributed by atoms with E-state index in [0.29, 0.717) is 5.56 Å². The van der Waals surface area contributed by atoms with Crippen molar-refractivity contribution in [3.63, 3.8) is 0 Å². The highest BCUT2D eigenvalue weighted by molar-refractivity contribution is 5.97. The van der Waals surface area contributed by atoms with Crippen LogP contribution < -0.4 is 5.32 Å². The highest BCUT2D eigenvalue weighted by Gasteiger charge is 2.13. The number of hydrogen-bond acceptors (Lipinski definition) is 4. The first-order valence-corrected chi connectivity index (χ1v) is 9.21. The topological polar surface area (TPSA) is 72.5 Å². The smallest absolute Gasteiger partial charge is 0.306 e. The van der Waals surface area contributed by atoms with Crippen molar-refractivity contribution in [2.24, 2.45) is 0 Å². The van der Waals surface area contributed by atoms with Crippen LogP contribution in [0.4, 0.5) is 4.39 Å². The molecule has 28 heavy (non-hydrogen) atoms. The maximum Gasteiger partial charge on any atom is 0.306 e. The van der Waals surface area contributed by atoms with Gasteiger partial charge in [0.1, 0.15) is 5.82 Å². The molecule has 2 rings (SSSR count). The summed E-state index contributed by atoms with van der Waals surface area (Å²) >= 11 is 0. The molecule has 2 aromatic rings. The van der Waals surface area contributed by atoms with Crippen LogP contribution in [0.5, 0.6) is 0 Å². The third-order valence-corrected chi connectivity index (χ3v) is 4.20. The quantitative estimate of drug-likeness (QED) is 0.502. The van der Waals surface area contributed by atoms with Gasteiger partial charge in [-0.1, -0.05) is 30.3 Å². The molecule has 0 spiro atoms. The summed E-state index contributed by atoms with van der Waals surface area (Å²) in [6.45, 7) is 1.52. The molecule has 2 aromatic carbocycles. The van der Waals surface area contributed by atoms with Crippen molar-refractivity contribution >= 4 is 17.7 Å².